The Kier molecular flexibility index (Phi) is 12.2. The lowest BCUT2D eigenvalue weighted by molar-refractivity contribution is -0.274. The molecule has 1 heterocycles. The molecule has 1 atom stereocenters. The van der Waals surface area contributed by atoms with Crippen LogP contribution in [-0.4, -0.2) is 78.8 Å². The maximum Gasteiger partial charge on any atom is 0.573 e. The lowest BCUT2D eigenvalue weighted by atomic mass is 9.79. The number of nitrogens with zero attached hydrogens (tertiary/aromatic N) is 2. The van der Waals surface area contributed by atoms with Gasteiger partial charge in [0.25, 0.3) is 0 Å². The van der Waals surface area contributed by atoms with Gasteiger partial charge < -0.3 is 26.0 Å². The van der Waals surface area contributed by atoms with Crippen LogP contribution in [-0.2, 0) is 22.6 Å². The van der Waals surface area contributed by atoms with E-state index in [9.17, 15) is 22.8 Å². The fraction of sp³-hybridized carbons (Fsp3) is 0.548. The summed E-state index contributed by atoms with van der Waals surface area (Å²) in [5.41, 5.74) is 7.08. The van der Waals surface area contributed by atoms with Crippen molar-refractivity contribution in [2.45, 2.75) is 69.4 Å². The number of nitrogens with two attached hydrogens (primary N) is 1. The van der Waals surface area contributed by atoms with Gasteiger partial charge in [0.15, 0.2) is 0 Å². The highest BCUT2D eigenvalue weighted by atomic mass is 35.5. The molecule has 0 radical (unpaired) electrons. The predicted molar refractivity (Wildman–Crippen MR) is 165 cm³/mol. The summed E-state index contributed by atoms with van der Waals surface area (Å²) < 4.78 is 41.4. The molecule has 13 heteroatoms. The molecule has 1 saturated carbocycles. The quantitative estimate of drug-likeness (QED) is 0.300. The molecular formula is C31H40Cl2F3N5O3. The van der Waals surface area contributed by atoms with E-state index in [0.717, 1.165) is 43.4 Å². The normalized spacial score (nSPS) is 18.1. The SMILES string of the molecule is NCCC(=O)N[C@H](Cc1ccc(Cl)cc1Cl)C(=O)N1CCN(C2(CNCc3ccc(OC(F)(F)F)cc3)CCCCC2)CC1. The van der Waals surface area contributed by atoms with Crippen molar-refractivity contribution >= 4 is 35.0 Å². The molecule has 2 aliphatic rings. The molecule has 0 spiro atoms. The highest BCUT2D eigenvalue weighted by Gasteiger charge is 2.40. The number of rotatable bonds is 12. The van der Waals surface area contributed by atoms with E-state index in [2.05, 4.69) is 20.3 Å². The van der Waals surface area contributed by atoms with Crippen LogP contribution in [0.3, 0.4) is 0 Å². The van der Waals surface area contributed by atoms with Crippen LogP contribution in [0, 0.1) is 0 Å². The minimum absolute atomic E-state index is 0.0711. The molecule has 1 aliphatic heterocycles. The van der Waals surface area contributed by atoms with Gasteiger partial charge in [-0.1, -0.05) is 60.7 Å². The lowest BCUT2D eigenvalue weighted by Crippen LogP contribution is -2.63. The van der Waals surface area contributed by atoms with Crippen molar-refractivity contribution in [1.82, 2.24) is 20.4 Å². The molecule has 4 rings (SSSR count). The van der Waals surface area contributed by atoms with Crippen molar-refractivity contribution in [1.29, 1.82) is 0 Å². The standard InChI is InChI=1S/C31H40Cl2F3N5O3/c32-24-7-6-23(26(33)19-24)18-27(39-28(42)10-13-37)29(43)40-14-16-41(17-15-40)30(11-2-1-3-12-30)21-38-20-22-4-8-25(9-5-22)44-31(34,35)36/h4-9,19,27,38H,1-3,10-18,20-21,37H2,(H,39,42)/t27-/m1/s1. The molecule has 1 aliphatic carbocycles. The van der Waals surface area contributed by atoms with Gasteiger partial charge in [0.05, 0.1) is 0 Å². The van der Waals surface area contributed by atoms with E-state index >= 15 is 0 Å². The topological polar surface area (TPSA) is 99.9 Å². The first-order valence-corrected chi connectivity index (χ1v) is 15.8. The summed E-state index contributed by atoms with van der Waals surface area (Å²) in [6.45, 7) is 3.88. The summed E-state index contributed by atoms with van der Waals surface area (Å²) in [4.78, 5) is 30.5. The first kappa shape index (κ1) is 34.3. The first-order valence-electron chi connectivity index (χ1n) is 15.0. The highest BCUT2D eigenvalue weighted by Crippen LogP contribution is 2.34. The van der Waals surface area contributed by atoms with E-state index in [-0.39, 0.29) is 42.5 Å². The number of carbonyl (C=O) groups excluding carboxylic acids is 2. The van der Waals surface area contributed by atoms with Gasteiger partial charge in [-0.2, -0.15) is 0 Å². The van der Waals surface area contributed by atoms with Gasteiger partial charge >= 0.3 is 6.36 Å². The summed E-state index contributed by atoms with van der Waals surface area (Å²) in [6, 6.07) is 10.2. The highest BCUT2D eigenvalue weighted by molar-refractivity contribution is 6.35. The number of ether oxygens (including phenoxy) is 1. The Bertz CT molecular complexity index is 1250. The van der Waals surface area contributed by atoms with Gasteiger partial charge in [-0.25, -0.2) is 0 Å². The number of benzene rings is 2. The van der Waals surface area contributed by atoms with Crippen LogP contribution in [0.1, 0.15) is 49.7 Å². The maximum absolute atomic E-state index is 13.7. The summed E-state index contributed by atoms with van der Waals surface area (Å²) in [7, 11) is 0. The number of halogens is 5. The van der Waals surface area contributed by atoms with Crippen molar-refractivity contribution in [3.05, 3.63) is 63.6 Å². The van der Waals surface area contributed by atoms with Crippen molar-refractivity contribution in [2.24, 2.45) is 5.73 Å². The second-order valence-corrected chi connectivity index (χ2v) is 12.3. The fourth-order valence-electron chi connectivity index (χ4n) is 6.19. The van der Waals surface area contributed by atoms with E-state index in [1.807, 2.05) is 4.90 Å². The number of hydrogen-bond acceptors (Lipinski definition) is 6. The van der Waals surface area contributed by atoms with Crippen LogP contribution in [0.4, 0.5) is 13.2 Å². The zero-order valence-electron chi connectivity index (χ0n) is 24.6. The fourth-order valence-corrected chi connectivity index (χ4v) is 6.68. The Labute approximate surface area is 266 Å². The monoisotopic (exact) mass is 657 g/mol. The third-order valence-corrected chi connectivity index (χ3v) is 9.02. The number of nitrogens with one attached hydrogen (secondary N) is 2. The molecule has 0 unspecified atom stereocenters. The molecule has 0 aromatic heterocycles. The van der Waals surface area contributed by atoms with Crippen molar-refractivity contribution in [2.75, 3.05) is 39.3 Å². The minimum atomic E-state index is -4.72. The van der Waals surface area contributed by atoms with Crippen LogP contribution in [0.5, 0.6) is 5.75 Å². The summed E-state index contributed by atoms with van der Waals surface area (Å²) in [5, 5.41) is 7.32. The molecule has 2 aromatic rings. The Balaban J connectivity index is 1.37. The van der Waals surface area contributed by atoms with E-state index in [0.29, 0.717) is 42.8 Å². The smallest absolute Gasteiger partial charge is 0.406 e. The third-order valence-electron chi connectivity index (χ3n) is 8.43. The van der Waals surface area contributed by atoms with Crippen molar-refractivity contribution in [3.8, 4) is 5.75 Å². The zero-order chi connectivity index (χ0) is 31.7. The van der Waals surface area contributed by atoms with Crippen LogP contribution in [0.2, 0.25) is 10.0 Å². The number of amides is 2. The van der Waals surface area contributed by atoms with Gasteiger partial charge in [0, 0.05) is 74.2 Å². The molecule has 2 fully saturated rings. The maximum atomic E-state index is 13.7. The first-order chi connectivity index (χ1) is 21.0. The van der Waals surface area contributed by atoms with Gasteiger partial charge in [-0.15, -0.1) is 13.2 Å². The van der Waals surface area contributed by atoms with Crippen LogP contribution in [0.15, 0.2) is 42.5 Å². The number of carbonyl (C=O) groups is 2. The van der Waals surface area contributed by atoms with E-state index in [1.165, 1.54) is 18.6 Å². The summed E-state index contributed by atoms with van der Waals surface area (Å²) >= 11 is 12.4. The van der Waals surface area contributed by atoms with Crippen LogP contribution in [0.25, 0.3) is 0 Å². The van der Waals surface area contributed by atoms with Gasteiger partial charge in [-0.3, -0.25) is 14.5 Å². The molecule has 0 bridgehead atoms. The van der Waals surface area contributed by atoms with Gasteiger partial charge in [-0.05, 0) is 48.2 Å². The Morgan fingerprint density at radius 3 is 2.30 bits per heavy atom. The largest absolute Gasteiger partial charge is 0.573 e. The summed E-state index contributed by atoms with van der Waals surface area (Å²) in [5.74, 6) is -0.686. The van der Waals surface area contributed by atoms with Gasteiger partial charge in [0.2, 0.25) is 11.8 Å². The molecule has 242 valence electrons. The molecule has 1 saturated heterocycles. The van der Waals surface area contributed by atoms with Crippen LogP contribution < -0.4 is 21.1 Å². The van der Waals surface area contributed by atoms with Gasteiger partial charge in [0.1, 0.15) is 11.8 Å². The second kappa shape index (κ2) is 15.6. The summed E-state index contributed by atoms with van der Waals surface area (Å²) in [6.07, 6.45) is 1.10. The van der Waals surface area contributed by atoms with E-state index in [4.69, 9.17) is 28.9 Å². The molecule has 2 aromatic carbocycles. The van der Waals surface area contributed by atoms with E-state index in [1.54, 1.807) is 30.3 Å². The molecule has 4 N–H and O–H groups in total. The Morgan fingerprint density at radius 1 is 1.00 bits per heavy atom. The molecular weight excluding hydrogens is 618 g/mol. The number of alkyl halides is 3. The van der Waals surface area contributed by atoms with Crippen molar-refractivity contribution < 1.29 is 27.5 Å². The average Bonchev–Trinajstić information content (AvgIpc) is 2.98. The third kappa shape index (κ3) is 9.71. The predicted octanol–water partition coefficient (Wildman–Crippen LogP) is 4.91. The van der Waals surface area contributed by atoms with Crippen molar-refractivity contribution in [3.63, 3.8) is 0 Å². The molecule has 8 nitrogen and oxygen atoms in total. The molecule has 2 amide bonds. The number of piperazine rings is 1. The van der Waals surface area contributed by atoms with Crippen LogP contribution >= 0.6 is 23.2 Å². The lowest BCUT2D eigenvalue weighted by Gasteiger charge is -2.50. The minimum Gasteiger partial charge on any atom is -0.406 e. The second-order valence-electron chi connectivity index (χ2n) is 11.5. The Hall–Kier alpha value is -2.57. The zero-order valence-corrected chi connectivity index (χ0v) is 26.1. The Morgan fingerprint density at radius 2 is 1.68 bits per heavy atom. The van der Waals surface area contributed by atoms with E-state index < -0.39 is 12.4 Å². The number of hydrogen-bond donors (Lipinski definition) is 3. The molecule has 44 heavy (non-hydrogen) atoms. The average molecular weight is 659 g/mol.